The number of rotatable bonds is 2. The molecular weight excluding hydrogens is 253 g/mol. The molecule has 0 bridgehead atoms. The molecule has 0 aliphatic carbocycles. The predicted octanol–water partition coefficient (Wildman–Crippen LogP) is 2.26. The first-order chi connectivity index (χ1) is 8.83. The van der Waals surface area contributed by atoms with Crippen LogP contribution >= 0.6 is 11.3 Å². The summed E-state index contributed by atoms with van der Waals surface area (Å²) in [5.74, 6) is 0.463. The number of ether oxygens (including phenoxy) is 1. The number of pyridine rings is 1. The van der Waals surface area contributed by atoms with Gasteiger partial charge in [0.25, 0.3) is 0 Å². The molecule has 0 saturated carbocycles. The second-order valence-corrected chi connectivity index (χ2v) is 4.94. The van der Waals surface area contributed by atoms with Gasteiger partial charge in [-0.05, 0) is 12.1 Å². The molecular formula is C12H12FN3OS. The Morgan fingerprint density at radius 1 is 1.39 bits per heavy atom. The lowest BCUT2D eigenvalue weighted by molar-refractivity contribution is 0.0393. The van der Waals surface area contributed by atoms with Gasteiger partial charge in [-0.15, -0.1) is 11.3 Å². The van der Waals surface area contributed by atoms with E-state index in [1.807, 2.05) is 5.38 Å². The van der Waals surface area contributed by atoms with Crippen LogP contribution in [-0.4, -0.2) is 29.7 Å². The van der Waals surface area contributed by atoms with Crippen LogP contribution in [0.4, 0.5) is 10.2 Å². The number of hydrogen-bond acceptors (Lipinski definition) is 5. The highest BCUT2D eigenvalue weighted by molar-refractivity contribution is 7.09. The molecule has 1 atom stereocenters. The van der Waals surface area contributed by atoms with E-state index in [1.54, 1.807) is 23.6 Å². The molecule has 0 spiro atoms. The normalized spacial score (nSPS) is 20.1. The summed E-state index contributed by atoms with van der Waals surface area (Å²) in [7, 11) is 0. The molecule has 1 aliphatic rings. The molecule has 1 saturated heterocycles. The minimum Gasteiger partial charge on any atom is -0.367 e. The topological polar surface area (TPSA) is 38.2 Å². The lowest BCUT2D eigenvalue weighted by Crippen LogP contribution is -2.38. The van der Waals surface area contributed by atoms with Gasteiger partial charge in [0.1, 0.15) is 22.7 Å². The third-order valence-corrected chi connectivity index (χ3v) is 3.70. The van der Waals surface area contributed by atoms with Gasteiger partial charge < -0.3 is 9.64 Å². The van der Waals surface area contributed by atoms with Crippen molar-refractivity contribution in [1.82, 2.24) is 9.97 Å². The zero-order valence-corrected chi connectivity index (χ0v) is 10.4. The Morgan fingerprint density at radius 2 is 2.33 bits per heavy atom. The number of halogens is 1. The Kier molecular flexibility index (Phi) is 3.21. The molecule has 3 rings (SSSR count). The first-order valence-electron chi connectivity index (χ1n) is 5.70. The summed E-state index contributed by atoms with van der Waals surface area (Å²) < 4.78 is 18.5. The smallest absolute Gasteiger partial charge is 0.141 e. The van der Waals surface area contributed by atoms with Gasteiger partial charge in [-0.2, -0.15) is 0 Å². The first kappa shape index (κ1) is 11.6. The Labute approximate surface area is 108 Å². The fraction of sp³-hybridized carbons (Fsp3) is 0.333. The van der Waals surface area contributed by atoms with Crippen LogP contribution in [0.25, 0.3) is 0 Å². The number of anilines is 1. The van der Waals surface area contributed by atoms with E-state index in [2.05, 4.69) is 14.9 Å². The molecule has 3 heterocycles. The molecule has 1 fully saturated rings. The van der Waals surface area contributed by atoms with Gasteiger partial charge in [0.05, 0.1) is 19.3 Å². The van der Waals surface area contributed by atoms with Gasteiger partial charge in [0, 0.05) is 18.1 Å². The van der Waals surface area contributed by atoms with Gasteiger partial charge in [0.15, 0.2) is 0 Å². The number of aromatic nitrogens is 2. The summed E-state index contributed by atoms with van der Waals surface area (Å²) in [5.41, 5.74) is 0. The molecule has 18 heavy (non-hydrogen) atoms. The monoisotopic (exact) mass is 265 g/mol. The Hall–Kier alpha value is -1.53. The minimum absolute atomic E-state index is 0.0226. The van der Waals surface area contributed by atoms with E-state index in [0.29, 0.717) is 13.2 Å². The fourth-order valence-electron chi connectivity index (χ4n) is 1.96. The molecule has 2 aromatic rings. The van der Waals surface area contributed by atoms with Crippen LogP contribution in [0.5, 0.6) is 0 Å². The van der Waals surface area contributed by atoms with E-state index in [4.69, 9.17) is 4.74 Å². The lowest BCUT2D eigenvalue weighted by atomic mass is 10.2. The van der Waals surface area contributed by atoms with E-state index < -0.39 is 0 Å². The third kappa shape index (κ3) is 2.34. The van der Waals surface area contributed by atoms with Crippen molar-refractivity contribution in [3.8, 4) is 0 Å². The van der Waals surface area contributed by atoms with Crippen molar-refractivity contribution in [2.75, 3.05) is 24.6 Å². The van der Waals surface area contributed by atoms with Gasteiger partial charge in [0.2, 0.25) is 0 Å². The average molecular weight is 265 g/mol. The van der Waals surface area contributed by atoms with Crippen molar-refractivity contribution in [3.05, 3.63) is 40.7 Å². The highest BCUT2D eigenvalue weighted by Gasteiger charge is 2.24. The van der Waals surface area contributed by atoms with Crippen LogP contribution in [0.3, 0.4) is 0 Å². The quantitative estimate of drug-likeness (QED) is 0.835. The van der Waals surface area contributed by atoms with Crippen LogP contribution in [0.1, 0.15) is 11.1 Å². The summed E-state index contributed by atoms with van der Waals surface area (Å²) >= 11 is 1.59. The summed E-state index contributed by atoms with van der Waals surface area (Å²) in [6, 6.07) is 3.12. The fourth-order valence-corrected chi connectivity index (χ4v) is 2.63. The van der Waals surface area contributed by atoms with Gasteiger partial charge in [-0.3, -0.25) is 0 Å². The molecule has 0 N–H and O–H groups in total. The maximum atomic E-state index is 12.8. The molecule has 0 aromatic carbocycles. The zero-order valence-electron chi connectivity index (χ0n) is 9.62. The molecule has 94 valence electrons. The van der Waals surface area contributed by atoms with E-state index in [-0.39, 0.29) is 11.9 Å². The van der Waals surface area contributed by atoms with Crippen LogP contribution in [-0.2, 0) is 4.74 Å². The second-order valence-electron chi connectivity index (χ2n) is 4.01. The maximum Gasteiger partial charge on any atom is 0.141 e. The summed E-state index contributed by atoms with van der Waals surface area (Å²) in [6.07, 6.45) is 2.99. The summed E-state index contributed by atoms with van der Waals surface area (Å²) in [5, 5.41) is 2.91. The highest BCUT2D eigenvalue weighted by Crippen LogP contribution is 2.26. The van der Waals surface area contributed by atoms with Crippen molar-refractivity contribution < 1.29 is 9.13 Å². The van der Waals surface area contributed by atoms with Crippen molar-refractivity contribution in [3.63, 3.8) is 0 Å². The van der Waals surface area contributed by atoms with Crippen LogP contribution in [0.15, 0.2) is 29.9 Å². The maximum absolute atomic E-state index is 12.8. The zero-order chi connectivity index (χ0) is 12.4. The van der Waals surface area contributed by atoms with Crippen molar-refractivity contribution >= 4 is 17.2 Å². The first-order valence-corrected chi connectivity index (χ1v) is 6.58. The Bertz CT molecular complexity index is 503. The van der Waals surface area contributed by atoms with Crippen molar-refractivity contribution in [2.45, 2.75) is 6.10 Å². The molecule has 2 aromatic heterocycles. The van der Waals surface area contributed by atoms with Crippen LogP contribution in [0.2, 0.25) is 0 Å². The van der Waals surface area contributed by atoms with Crippen molar-refractivity contribution in [1.29, 1.82) is 0 Å². The third-order valence-electron chi connectivity index (χ3n) is 2.83. The highest BCUT2D eigenvalue weighted by atomic mass is 32.1. The predicted molar refractivity (Wildman–Crippen MR) is 67.2 cm³/mol. The number of morpholine rings is 1. The Balaban J connectivity index is 1.76. The molecule has 1 aliphatic heterocycles. The number of thiazole rings is 1. The Morgan fingerprint density at radius 3 is 3.06 bits per heavy atom. The van der Waals surface area contributed by atoms with Gasteiger partial charge >= 0.3 is 0 Å². The largest absolute Gasteiger partial charge is 0.367 e. The van der Waals surface area contributed by atoms with E-state index in [9.17, 15) is 4.39 Å². The average Bonchev–Trinajstić information content (AvgIpc) is 2.94. The molecule has 0 radical (unpaired) electrons. The molecule has 1 unspecified atom stereocenters. The van der Waals surface area contributed by atoms with Crippen molar-refractivity contribution in [2.24, 2.45) is 0 Å². The summed E-state index contributed by atoms with van der Waals surface area (Å²) in [4.78, 5) is 10.5. The van der Waals surface area contributed by atoms with E-state index >= 15 is 0 Å². The standard InChI is InChI=1S/C12H12FN3OS/c13-9-1-2-11(15-7-9)16-4-5-17-10(8-16)12-14-3-6-18-12/h1-3,6-7,10H,4-5,8H2. The van der Waals surface area contributed by atoms with E-state index in [0.717, 1.165) is 17.4 Å². The minimum atomic E-state index is -0.316. The van der Waals surface area contributed by atoms with Crippen LogP contribution < -0.4 is 4.90 Å². The summed E-state index contributed by atoms with van der Waals surface area (Å²) in [6.45, 7) is 2.09. The van der Waals surface area contributed by atoms with Gasteiger partial charge in [-0.25, -0.2) is 14.4 Å². The van der Waals surface area contributed by atoms with E-state index in [1.165, 1.54) is 12.3 Å². The molecule has 4 nitrogen and oxygen atoms in total. The van der Waals surface area contributed by atoms with Crippen LogP contribution in [0, 0.1) is 5.82 Å². The SMILES string of the molecule is Fc1ccc(N2CCOC(c3nccs3)C2)nc1. The lowest BCUT2D eigenvalue weighted by Gasteiger charge is -2.32. The number of nitrogens with zero attached hydrogens (tertiary/aromatic N) is 3. The molecule has 0 amide bonds. The molecule has 6 heteroatoms. The van der Waals surface area contributed by atoms with Gasteiger partial charge in [-0.1, -0.05) is 0 Å². The second kappa shape index (κ2) is 4.99. The number of hydrogen-bond donors (Lipinski definition) is 0.